The number of furan rings is 1. The summed E-state index contributed by atoms with van der Waals surface area (Å²) in [6, 6.07) is 4.53. The topological polar surface area (TPSA) is 42.2 Å². The molecule has 1 aromatic carbocycles. The molecule has 0 saturated heterocycles. The monoisotopic (exact) mass is 263 g/mol. The summed E-state index contributed by atoms with van der Waals surface area (Å²) in [5.74, 6) is 0.227. The minimum Gasteiger partial charge on any atom is -0.460 e. The fraction of sp³-hybridized carbons (Fsp3) is 0.400. The Bertz CT molecular complexity index is 603. The lowest BCUT2D eigenvalue weighted by molar-refractivity contribution is -0.121. The molecule has 1 aromatic heterocycles. The van der Waals surface area contributed by atoms with E-state index in [1.165, 1.54) is 12.1 Å². The van der Waals surface area contributed by atoms with Crippen LogP contribution in [0.25, 0.3) is 11.0 Å². The molecular weight excluding hydrogens is 245 g/mol. The van der Waals surface area contributed by atoms with E-state index in [1.54, 1.807) is 6.07 Å². The molecule has 4 heteroatoms. The Morgan fingerprint density at radius 1 is 1.47 bits per heavy atom. The van der Waals surface area contributed by atoms with E-state index in [1.807, 2.05) is 20.8 Å². The molecule has 1 N–H and O–H groups in total. The third kappa shape index (κ3) is 2.95. The normalized spacial score (nSPS) is 12.6. The minimum absolute atomic E-state index is 0.0722. The van der Waals surface area contributed by atoms with E-state index in [-0.39, 0.29) is 24.2 Å². The molecule has 1 unspecified atom stereocenters. The van der Waals surface area contributed by atoms with Crippen LogP contribution in [0.5, 0.6) is 0 Å². The van der Waals surface area contributed by atoms with E-state index in [4.69, 9.17) is 4.42 Å². The summed E-state index contributed by atoms with van der Waals surface area (Å²) in [6.45, 7) is 5.82. The van der Waals surface area contributed by atoms with Crippen LogP contribution >= 0.6 is 0 Å². The molecule has 1 atom stereocenters. The molecule has 2 aromatic rings. The first kappa shape index (κ1) is 13.6. The van der Waals surface area contributed by atoms with Crippen molar-refractivity contribution in [2.24, 2.45) is 0 Å². The highest BCUT2D eigenvalue weighted by Gasteiger charge is 2.15. The number of halogens is 1. The number of nitrogens with one attached hydrogen (secondary N) is 1. The minimum atomic E-state index is -0.299. The lowest BCUT2D eigenvalue weighted by Gasteiger charge is -2.10. The first-order valence-electron chi connectivity index (χ1n) is 6.48. The zero-order chi connectivity index (χ0) is 14.0. The number of carbonyl (C=O) groups excluding carboxylic acids is 1. The van der Waals surface area contributed by atoms with E-state index in [0.717, 1.165) is 17.4 Å². The van der Waals surface area contributed by atoms with Gasteiger partial charge >= 0.3 is 0 Å². The average molecular weight is 263 g/mol. The summed E-state index contributed by atoms with van der Waals surface area (Å²) in [5, 5.41) is 3.62. The summed E-state index contributed by atoms with van der Waals surface area (Å²) >= 11 is 0. The lowest BCUT2D eigenvalue weighted by Crippen LogP contribution is -2.33. The maximum absolute atomic E-state index is 13.2. The van der Waals surface area contributed by atoms with Crippen LogP contribution in [0.2, 0.25) is 0 Å². The molecule has 2 rings (SSSR count). The predicted molar refractivity (Wildman–Crippen MR) is 72.5 cm³/mol. The van der Waals surface area contributed by atoms with Gasteiger partial charge in [0.25, 0.3) is 0 Å². The molecular formula is C15H18FNO2. The largest absolute Gasteiger partial charge is 0.460 e. The molecule has 0 bridgehead atoms. The van der Waals surface area contributed by atoms with Crippen LogP contribution in [0.3, 0.4) is 0 Å². The molecule has 1 amide bonds. The first-order chi connectivity index (χ1) is 9.01. The van der Waals surface area contributed by atoms with Gasteiger partial charge in [0.2, 0.25) is 5.91 Å². The maximum Gasteiger partial charge on any atom is 0.227 e. The van der Waals surface area contributed by atoms with Crippen molar-refractivity contribution in [1.29, 1.82) is 0 Å². The third-order valence-corrected chi connectivity index (χ3v) is 3.34. The highest BCUT2D eigenvalue weighted by Crippen LogP contribution is 2.26. The van der Waals surface area contributed by atoms with Gasteiger partial charge in [0.15, 0.2) is 0 Å². The summed E-state index contributed by atoms with van der Waals surface area (Å²) < 4.78 is 18.8. The summed E-state index contributed by atoms with van der Waals surface area (Å²) in [4.78, 5) is 11.8. The van der Waals surface area contributed by atoms with Gasteiger partial charge in [-0.2, -0.15) is 0 Å². The first-order valence-corrected chi connectivity index (χ1v) is 6.48. The molecule has 0 radical (unpaired) electrons. The molecule has 0 aliphatic heterocycles. The van der Waals surface area contributed by atoms with Crippen LogP contribution in [0.4, 0.5) is 4.39 Å². The second kappa shape index (κ2) is 5.43. The molecule has 1 heterocycles. The van der Waals surface area contributed by atoms with Gasteiger partial charge in [-0.3, -0.25) is 4.79 Å². The Labute approximate surface area is 111 Å². The van der Waals surface area contributed by atoms with Gasteiger partial charge in [-0.15, -0.1) is 0 Å². The molecule has 0 aliphatic carbocycles. The van der Waals surface area contributed by atoms with E-state index < -0.39 is 0 Å². The van der Waals surface area contributed by atoms with Crippen molar-refractivity contribution in [2.45, 2.75) is 39.7 Å². The predicted octanol–water partition coefficient (Wildman–Crippen LogP) is 3.34. The van der Waals surface area contributed by atoms with Gasteiger partial charge in [-0.05, 0) is 44.0 Å². The van der Waals surface area contributed by atoms with Crippen molar-refractivity contribution in [2.75, 3.05) is 0 Å². The van der Waals surface area contributed by atoms with E-state index >= 15 is 0 Å². The van der Waals surface area contributed by atoms with Gasteiger partial charge in [0, 0.05) is 11.4 Å². The van der Waals surface area contributed by atoms with E-state index in [0.29, 0.717) is 11.3 Å². The SMILES string of the molecule is CCC(C)NC(=O)Cc1oc2ccc(F)cc2c1C. The quantitative estimate of drug-likeness (QED) is 0.919. The second-order valence-electron chi connectivity index (χ2n) is 4.84. The zero-order valence-corrected chi connectivity index (χ0v) is 11.4. The standard InChI is InChI=1S/C15H18FNO2/c1-4-9(2)17-15(18)8-14-10(3)12-7-11(16)5-6-13(12)19-14/h5-7,9H,4,8H2,1-3H3,(H,17,18). The molecule has 0 fully saturated rings. The van der Waals surface area contributed by atoms with Crippen molar-refractivity contribution in [3.8, 4) is 0 Å². The number of amides is 1. The van der Waals surface area contributed by atoms with Crippen LogP contribution in [-0.4, -0.2) is 11.9 Å². The van der Waals surface area contributed by atoms with Crippen LogP contribution in [0, 0.1) is 12.7 Å². The van der Waals surface area contributed by atoms with Gasteiger partial charge in [0.1, 0.15) is 17.2 Å². The molecule has 0 spiro atoms. The van der Waals surface area contributed by atoms with Gasteiger partial charge in [-0.25, -0.2) is 4.39 Å². The maximum atomic E-state index is 13.2. The number of benzene rings is 1. The molecule has 3 nitrogen and oxygen atoms in total. The Morgan fingerprint density at radius 3 is 2.89 bits per heavy atom. The van der Waals surface area contributed by atoms with Crippen LogP contribution in [-0.2, 0) is 11.2 Å². The smallest absolute Gasteiger partial charge is 0.227 e. The zero-order valence-electron chi connectivity index (χ0n) is 11.4. The fourth-order valence-corrected chi connectivity index (χ4v) is 1.99. The summed E-state index contributed by atoms with van der Waals surface area (Å²) in [5.41, 5.74) is 1.44. The second-order valence-corrected chi connectivity index (χ2v) is 4.84. The van der Waals surface area contributed by atoms with Crippen LogP contribution in [0.1, 0.15) is 31.6 Å². The number of hydrogen-bond donors (Lipinski definition) is 1. The van der Waals surface area contributed by atoms with Crippen molar-refractivity contribution < 1.29 is 13.6 Å². The lowest BCUT2D eigenvalue weighted by atomic mass is 10.1. The number of fused-ring (bicyclic) bond motifs is 1. The summed E-state index contributed by atoms with van der Waals surface area (Å²) in [7, 11) is 0. The number of rotatable bonds is 4. The Hall–Kier alpha value is -1.84. The van der Waals surface area contributed by atoms with Crippen molar-refractivity contribution in [1.82, 2.24) is 5.32 Å². The average Bonchev–Trinajstić information content (AvgIpc) is 2.66. The number of hydrogen-bond acceptors (Lipinski definition) is 2. The van der Waals surface area contributed by atoms with Crippen molar-refractivity contribution >= 4 is 16.9 Å². The highest BCUT2D eigenvalue weighted by atomic mass is 19.1. The van der Waals surface area contributed by atoms with E-state index in [2.05, 4.69) is 5.32 Å². The van der Waals surface area contributed by atoms with Crippen LogP contribution in [0.15, 0.2) is 22.6 Å². The van der Waals surface area contributed by atoms with Crippen molar-refractivity contribution in [3.05, 3.63) is 35.3 Å². The van der Waals surface area contributed by atoms with Gasteiger partial charge in [0.05, 0.1) is 6.42 Å². The Balaban J connectivity index is 2.21. The van der Waals surface area contributed by atoms with Crippen molar-refractivity contribution in [3.63, 3.8) is 0 Å². The molecule has 102 valence electrons. The molecule has 19 heavy (non-hydrogen) atoms. The third-order valence-electron chi connectivity index (χ3n) is 3.34. The Kier molecular flexibility index (Phi) is 3.88. The van der Waals surface area contributed by atoms with Gasteiger partial charge < -0.3 is 9.73 Å². The number of carbonyl (C=O) groups is 1. The molecule has 0 aliphatic rings. The highest BCUT2D eigenvalue weighted by molar-refractivity contribution is 5.85. The Morgan fingerprint density at radius 2 is 2.21 bits per heavy atom. The summed E-state index contributed by atoms with van der Waals surface area (Å²) in [6.07, 6.45) is 1.07. The number of aryl methyl sites for hydroxylation is 1. The van der Waals surface area contributed by atoms with E-state index in [9.17, 15) is 9.18 Å². The fourth-order valence-electron chi connectivity index (χ4n) is 1.99. The van der Waals surface area contributed by atoms with Crippen LogP contribution < -0.4 is 5.32 Å². The molecule has 0 saturated carbocycles. The van der Waals surface area contributed by atoms with Gasteiger partial charge in [-0.1, -0.05) is 6.92 Å².